The summed E-state index contributed by atoms with van der Waals surface area (Å²) in [5.41, 5.74) is 6.60. The second kappa shape index (κ2) is 2.96. The van der Waals surface area contributed by atoms with Crippen LogP contribution in [0.1, 0.15) is 5.69 Å². The lowest BCUT2D eigenvalue weighted by Gasteiger charge is -2.02. The molecule has 0 aliphatic heterocycles. The maximum absolute atomic E-state index is 5.70. The molecular formula is C9H8BrN3. The molecule has 1 heterocycles. The highest BCUT2D eigenvalue weighted by molar-refractivity contribution is 9.10. The Labute approximate surface area is 84.1 Å². The summed E-state index contributed by atoms with van der Waals surface area (Å²) >= 11 is 3.39. The summed E-state index contributed by atoms with van der Waals surface area (Å²) in [5.74, 6) is 0.474. The summed E-state index contributed by atoms with van der Waals surface area (Å²) in [6, 6.07) is 5.91. The highest BCUT2D eigenvalue weighted by atomic mass is 79.9. The van der Waals surface area contributed by atoms with Crippen molar-refractivity contribution in [3.8, 4) is 0 Å². The highest BCUT2D eigenvalue weighted by Crippen LogP contribution is 2.24. The van der Waals surface area contributed by atoms with Crippen LogP contribution in [-0.4, -0.2) is 10.2 Å². The summed E-state index contributed by atoms with van der Waals surface area (Å²) < 4.78 is 0.999. The quantitative estimate of drug-likeness (QED) is 0.765. The Morgan fingerprint density at radius 3 is 2.77 bits per heavy atom. The number of nitrogens with two attached hydrogens (primary N) is 1. The van der Waals surface area contributed by atoms with E-state index in [1.165, 1.54) is 0 Å². The van der Waals surface area contributed by atoms with Crippen molar-refractivity contribution in [2.24, 2.45) is 0 Å². The second-order valence-corrected chi connectivity index (χ2v) is 3.78. The number of aryl methyl sites for hydroxylation is 1. The van der Waals surface area contributed by atoms with Crippen LogP contribution in [-0.2, 0) is 0 Å². The molecular weight excluding hydrogens is 230 g/mol. The Morgan fingerprint density at radius 1 is 1.23 bits per heavy atom. The molecule has 66 valence electrons. The Bertz CT molecular complexity index is 468. The first kappa shape index (κ1) is 8.44. The highest BCUT2D eigenvalue weighted by Gasteiger charge is 2.03. The molecule has 2 aromatic rings. The Morgan fingerprint density at radius 2 is 2.00 bits per heavy atom. The average molecular weight is 238 g/mol. The van der Waals surface area contributed by atoms with Gasteiger partial charge in [0.25, 0.3) is 0 Å². The number of nitrogen functional groups attached to an aromatic ring is 1. The number of benzene rings is 1. The number of aromatic nitrogens is 2. The van der Waals surface area contributed by atoms with Crippen LogP contribution < -0.4 is 5.73 Å². The fourth-order valence-corrected chi connectivity index (χ4v) is 1.64. The van der Waals surface area contributed by atoms with Crippen molar-refractivity contribution in [2.75, 3.05) is 5.73 Å². The average Bonchev–Trinajstić information content (AvgIpc) is 2.12. The number of anilines is 1. The molecule has 0 unspecified atom stereocenters. The first-order valence-corrected chi connectivity index (χ1v) is 4.66. The van der Waals surface area contributed by atoms with Gasteiger partial charge >= 0.3 is 0 Å². The molecule has 0 atom stereocenters. The van der Waals surface area contributed by atoms with Gasteiger partial charge in [0.05, 0.1) is 5.69 Å². The summed E-state index contributed by atoms with van der Waals surface area (Å²) in [6.07, 6.45) is 0. The van der Waals surface area contributed by atoms with E-state index in [4.69, 9.17) is 5.73 Å². The molecule has 4 heteroatoms. The van der Waals surface area contributed by atoms with Crippen molar-refractivity contribution in [3.05, 3.63) is 28.4 Å². The number of nitrogens with zero attached hydrogens (tertiary/aromatic N) is 2. The third kappa shape index (κ3) is 1.37. The largest absolute Gasteiger partial charge is 0.382 e. The van der Waals surface area contributed by atoms with Gasteiger partial charge in [0, 0.05) is 15.2 Å². The Balaban J connectivity index is 2.92. The van der Waals surface area contributed by atoms with Gasteiger partial charge in [-0.05, 0) is 19.1 Å². The van der Waals surface area contributed by atoms with Gasteiger partial charge in [-0.25, -0.2) is 0 Å². The lowest BCUT2D eigenvalue weighted by Crippen LogP contribution is -1.96. The summed E-state index contributed by atoms with van der Waals surface area (Å²) in [7, 11) is 0. The van der Waals surface area contributed by atoms with Gasteiger partial charge in [0.15, 0.2) is 5.82 Å². The first-order valence-electron chi connectivity index (χ1n) is 3.86. The molecule has 0 radical (unpaired) electrons. The van der Waals surface area contributed by atoms with E-state index in [-0.39, 0.29) is 0 Å². The fraction of sp³-hybridized carbons (Fsp3) is 0.111. The zero-order valence-electron chi connectivity index (χ0n) is 7.08. The lowest BCUT2D eigenvalue weighted by atomic mass is 10.1. The van der Waals surface area contributed by atoms with E-state index in [0.717, 1.165) is 20.9 Å². The van der Waals surface area contributed by atoms with Crippen molar-refractivity contribution in [1.29, 1.82) is 0 Å². The number of hydrogen-bond donors (Lipinski definition) is 1. The molecule has 0 fully saturated rings. The van der Waals surface area contributed by atoms with Crippen LogP contribution >= 0.6 is 15.9 Å². The Hall–Kier alpha value is -1.16. The molecule has 0 spiro atoms. The van der Waals surface area contributed by atoms with Crippen LogP contribution in [0.3, 0.4) is 0 Å². The smallest absolute Gasteiger partial charge is 0.154 e. The molecule has 1 aromatic carbocycles. The maximum Gasteiger partial charge on any atom is 0.154 e. The minimum Gasteiger partial charge on any atom is -0.382 e. The molecule has 0 amide bonds. The molecule has 0 bridgehead atoms. The van der Waals surface area contributed by atoms with Crippen LogP contribution in [0.2, 0.25) is 0 Å². The summed E-state index contributed by atoms with van der Waals surface area (Å²) in [6.45, 7) is 1.92. The molecule has 0 saturated heterocycles. The minimum atomic E-state index is 0.474. The van der Waals surface area contributed by atoms with Crippen molar-refractivity contribution >= 4 is 32.5 Å². The van der Waals surface area contributed by atoms with E-state index < -0.39 is 0 Å². The van der Waals surface area contributed by atoms with E-state index in [1.807, 2.05) is 25.1 Å². The van der Waals surface area contributed by atoms with Crippen LogP contribution in [0, 0.1) is 6.92 Å². The van der Waals surface area contributed by atoms with E-state index in [2.05, 4.69) is 26.1 Å². The number of rotatable bonds is 0. The number of fused-ring (bicyclic) bond motifs is 1. The van der Waals surface area contributed by atoms with Crippen molar-refractivity contribution in [1.82, 2.24) is 10.2 Å². The molecule has 13 heavy (non-hydrogen) atoms. The van der Waals surface area contributed by atoms with E-state index >= 15 is 0 Å². The number of hydrogen-bond acceptors (Lipinski definition) is 3. The van der Waals surface area contributed by atoms with E-state index in [9.17, 15) is 0 Å². The maximum atomic E-state index is 5.70. The third-order valence-corrected chi connectivity index (χ3v) is 2.45. The standard InChI is InChI=1S/C9H8BrN3/c1-5-7-3-2-6(10)4-8(7)9(11)13-12-5/h2-4H,1H3,(H2,11,13). The molecule has 1 aromatic heterocycles. The third-order valence-electron chi connectivity index (χ3n) is 1.96. The topological polar surface area (TPSA) is 51.8 Å². The second-order valence-electron chi connectivity index (χ2n) is 2.86. The molecule has 2 rings (SSSR count). The SMILES string of the molecule is Cc1nnc(N)c2cc(Br)ccc12. The van der Waals surface area contributed by atoms with Crippen molar-refractivity contribution in [2.45, 2.75) is 6.92 Å². The van der Waals surface area contributed by atoms with E-state index in [0.29, 0.717) is 5.82 Å². The van der Waals surface area contributed by atoms with Crippen molar-refractivity contribution < 1.29 is 0 Å². The van der Waals surface area contributed by atoms with Crippen molar-refractivity contribution in [3.63, 3.8) is 0 Å². The van der Waals surface area contributed by atoms with Gasteiger partial charge < -0.3 is 5.73 Å². The summed E-state index contributed by atoms with van der Waals surface area (Å²) in [5, 5.41) is 9.80. The normalized spacial score (nSPS) is 10.6. The predicted octanol–water partition coefficient (Wildman–Crippen LogP) is 2.28. The lowest BCUT2D eigenvalue weighted by molar-refractivity contribution is 1.01. The van der Waals surface area contributed by atoms with Gasteiger partial charge in [0.2, 0.25) is 0 Å². The molecule has 3 nitrogen and oxygen atoms in total. The molecule has 0 saturated carbocycles. The van der Waals surface area contributed by atoms with Gasteiger partial charge in [0.1, 0.15) is 0 Å². The predicted molar refractivity (Wildman–Crippen MR) is 56.4 cm³/mol. The molecule has 2 N–H and O–H groups in total. The first-order chi connectivity index (χ1) is 6.18. The fourth-order valence-electron chi connectivity index (χ4n) is 1.28. The van der Waals surface area contributed by atoms with Crippen LogP contribution in [0.15, 0.2) is 22.7 Å². The van der Waals surface area contributed by atoms with Gasteiger partial charge in [-0.15, -0.1) is 5.10 Å². The van der Waals surface area contributed by atoms with Crippen LogP contribution in [0.25, 0.3) is 10.8 Å². The molecule has 0 aliphatic carbocycles. The van der Waals surface area contributed by atoms with Crippen LogP contribution in [0.5, 0.6) is 0 Å². The van der Waals surface area contributed by atoms with Gasteiger partial charge in [-0.3, -0.25) is 0 Å². The van der Waals surface area contributed by atoms with Gasteiger partial charge in [-0.1, -0.05) is 22.0 Å². The van der Waals surface area contributed by atoms with E-state index in [1.54, 1.807) is 0 Å². The minimum absolute atomic E-state index is 0.474. The zero-order chi connectivity index (χ0) is 9.42. The summed E-state index contributed by atoms with van der Waals surface area (Å²) in [4.78, 5) is 0. The van der Waals surface area contributed by atoms with Gasteiger partial charge in [-0.2, -0.15) is 5.10 Å². The zero-order valence-corrected chi connectivity index (χ0v) is 8.67. The number of halogens is 1. The monoisotopic (exact) mass is 237 g/mol. The van der Waals surface area contributed by atoms with Crippen LogP contribution in [0.4, 0.5) is 5.82 Å². The Kier molecular flexibility index (Phi) is 1.92. The molecule has 0 aliphatic rings.